The Morgan fingerprint density at radius 3 is 3.00 bits per heavy atom. The fraction of sp³-hybridized carbons (Fsp3) is 0.385. The summed E-state index contributed by atoms with van der Waals surface area (Å²) in [5.41, 5.74) is 2.10. The number of carboxylic acids is 1. The van der Waals surface area contributed by atoms with Crippen LogP contribution in [0.1, 0.15) is 34.7 Å². The highest BCUT2D eigenvalue weighted by Gasteiger charge is 2.26. The van der Waals surface area contributed by atoms with Gasteiger partial charge in [-0.2, -0.15) is 0 Å². The minimum absolute atomic E-state index is 0.357. The largest absolute Gasteiger partial charge is 0.477 e. The average molecular weight is 262 g/mol. The number of imidazole rings is 1. The van der Waals surface area contributed by atoms with Crippen LogP contribution in [0.15, 0.2) is 11.4 Å². The zero-order chi connectivity index (χ0) is 12.7. The Labute approximate surface area is 109 Å². The molecule has 18 heavy (non-hydrogen) atoms. The van der Waals surface area contributed by atoms with E-state index in [-0.39, 0.29) is 0 Å². The first-order valence-electron chi connectivity index (χ1n) is 6.05. The van der Waals surface area contributed by atoms with Gasteiger partial charge in [0.1, 0.15) is 11.5 Å². The van der Waals surface area contributed by atoms with Gasteiger partial charge in [0.25, 0.3) is 0 Å². The van der Waals surface area contributed by atoms with Crippen LogP contribution >= 0.6 is 11.3 Å². The SMILES string of the molecule is Cc1ccsc1-c1nc2n(c1C(=O)O)CCCC2. The van der Waals surface area contributed by atoms with Gasteiger partial charge in [-0.3, -0.25) is 0 Å². The molecule has 0 aromatic carbocycles. The summed E-state index contributed by atoms with van der Waals surface area (Å²) in [6.07, 6.45) is 3.01. The molecule has 0 unspecified atom stereocenters. The molecule has 94 valence electrons. The summed E-state index contributed by atoms with van der Waals surface area (Å²) in [4.78, 5) is 17.1. The molecule has 4 nitrogen and oxygen atoms in total. The standard InChI is InChI=1S/C13H14N2O2S/c1-8-5-7-18-12(8)10-11(13(16)17)15-6-3-2-4-9(15)14-10/h5,7H,2-4,6H2,1H3,(H,16,17). The summed E-state index contributed by atoms with van der Waals surface area (Å²) in [6, 6.07) is 2.00. The van der Waals surface area contributed by atoms with Gasteiger partial charge in [0.05, 0.1) is 4.88 Å². The Morgan fingerprint density at radius 1 is 1.50 bits per heavy atom. The van der Waals surface area contributed by atoms with E-state index >= 15 is 0 Å². The van der Waals surface area contributed by atoms with Gasteiger partial charge in [0.2, 0.25) is 0 Å². The lowest BCUT2D eigenvalue weighted by Gasteiger charge is -2.14. The summed E-state index contributed by atoms with van der Waals surface area (Å²) >= 11 is 1.56. The van der Waals surface area contributed by atoms with E-state index in [1.54, 1.807) is 11.3 Å². The first-order valence-corrected chi connectivity index (χ1v) is 6.93. The molecule has 0 amide bonds. The number of thiophene rings is 1. The molecular weight excluding hydrogens is 248 g/mol. The van der Waals surface area contributed by atoms with Crippen molar-refractivity contribution in [3.8, 4) is 10.6 Å². The van der Waals surface area contributed by atoms with Crippen molar-refractivity contribution < 1.29 is 9.90 Å². The molecule has 0 radical (unpaired) electrons. The van der Waals surface area contributed by atoms with Crippen LogP contribution in [0.5, 0.6) is 0 Å². The molecule has 0 fully saturated rings. The predicted octanol–water partition coefficient (Wildman–Crippen LogP) is 2.95. The lowest BCUT2D eigenvalue weighted by atomic mass is 10.1. The molecule has 2 aromatic rings. The zero-order valence-corrected chi connectivity index (χ0v) is 11.0. The molecule has 0 atom stereocenters. The lowest BCUT2D eigenvalue weighted by molar-refractivity contribution is 0.0685. The minimum Gasteiger partial charge on any atom is -0.477 e. The van der Waals surface area contributed by atoms with E-state index in [0.29, 0.717) is 11.4 Å². The summed E-state index contributed by atoms with van der Waals surface area (Å²) in [7, 11) is 0. The molecule has 0 saturated carbocycles. The molecule has 3 rings (SSSR count). The van der Waals surface area contributed by atoms with Gasteiger partial charge in [-0.25, -0.2) is 9.78 Å². The maximum Gasteiger partial charge on any atom is 0.354 e. The molecule has 0 saturated heterocycles. The Morgan fingerprint density at radius 2 is 2.33 bits per heavy atom. The van der Waals surface area contributed by atoms with Crippen LogP contribution in [0, 0.1) is 6.92 Å². The van der Waals surface area contributed by atoms with Crippen molar-refractivity contribution in [2.45, 2.75) is 32.7 Å². The summed E-state index contributed by atoms with van der Waals surface area (Å²) < 4.78 is 1.88. The zero-order valence-electron chi connectivity index (χ0n) is 10.1. The normalized spacial score (nSPS) is 14.5. The Kier molecular flexibility index (Phi) is 2.70. The van der Waals surface area contributed by atoms with Crippen LogP contribution in [0.4, 0.5) is 0 Å². The second-order valence-corrected chi connectivity index (χ2v) is 5.49. The molecular formula is C13H14N2O2S. The maximum absolute atomic E-state index is 11.5. The van der Waals surface area contributed by atoms with Gasteiger partial charge < -0.3 is 9.67 Å². The van der Waals surface area contributed by atoms with Crippen molar-refractivity contribution in [1.82, 2.24) is 9.55 Å². The quantitative estimate of drug-likeness (QED) is 0.905. The molecule has 3 heterocycles. The number of aromatic carboxylic acids is 1. The highest BCUT2D eigenvalue weighted by molar-refractivity contribution is 7.13. The van der Waals surface area contributed by atoms with Gasteiger partial charge in [-0.15, -0.1) is 11.3 Å². The summed E-state index contributed by atoms with van der Waals surface area (Å²) in [5.74, 6) is 0.0416. The Balaban J connectivity index is 2.23. The van der Waals surface area contributed by atoms with Crippen molar-refractivity contribution in [3.05, 3.63) is 28.5 Å². The monoisotopic (exact) mass is 262 g/mol. The molecule has 2 aromatic heterocycles. The third kappa shape index (κ3) is 1.66. The van der Waals surface area contributed by atoms with Gasteiger partial charge >= 0.3 is 5.97 Å². The van der Waals surface area contributed by atoms with Gasteiger partial charge in [0, 0.05) is 13.0 Å². The number of aromatic nitrogens is 2. The molecule has 0 aliphatic carbocycles. The second-order valence-electron chi connectivity index (χ2n) is 4.57. The molecule has 1 N–H and O–H groups in total. The van der Waals surface area contributed by atoms with Crippen LogP contribution in [0.25, 0.3) is 10.6 Å². The van der Waals surface area contributed by atoms with Crippen molar-refractivity contribution in [2.24, 2.45) is 0 Å². The molecule has 5 heteroatoms. The van der Waals surface area contributed by atoms with E-state index in [1.165, 1.54) is 0 Å². The molecule has 1 aliphatic heterocycles. The van der Waals surface area contributed by atoms with E-state index in [0.717, 1.165) is 42.1 Å². The number of nitrogens with zero attached hydrogens (tertiary/aromatic N) is 2. The summed E-state index contributed by atoms with van der Waals surface area (Å²) in [5, 5.41) is 11.4. The third-order valence-electron chi connectivity index (χ3n) is 3.36. The highest BCUT2D eigenvalue weighted by atomic mass is 32.1. The van der Waals surface area contributed by atoms with E-state index in [9.17, 15) is 9.90 Å². The van der Waals surface area contributed by atoms with Crippen molar-refractivity contribution in [1.29, 1.82) is 0 Å². The van der Waals surface area contributed by atoms with Crippen molar-refractivity contribution >= 4 is 17.3 Å². The Bertz CT molecular complexity index is 613. The molecule has 0 spiro atoms. The van der Waals surface area contributed by atoms with Crippen LogP contribution in [0.3, 0.4) is 0 Å². The lowest BCUT2D eigenvalue weighted by Crippen LogP contribution is -2.15. The number of carboxylic acid groups (broad SMARTS) is 1. The maximum atomic E-state index is 11.5. The number of carbonyl (C=O) groups is 1. The van der Waals surface area contributed by atoms with Crippen molar-refractivity contribution in [2.75, 3.05) is 0 Å². The first-order chi connectivity index (χ1) is 8.68. The van der Waals surface area contributed by atoms with Crippen molar-refractivity contribution in [3.63, 3.8) is 0 Å². The van der Waals surface area contributed by atoms with Gasteiger partial charge in [-0.05, 0) is 36.8 Å². The van der Waals surface area contributed by atoms with Crippen LogP contribution in [0.2, 0.25) is 0 Å². The fourth-order valence-electron chi connectivity index (χ4n) is 2.47. The van der Waals surface area contributed by atoms with Crippen LogP contribution in [-0.4, -0.2) is 20.6 Å². The number of fused-ring (bicyclic) bond motifs is 1. The minimum atomic E-state index is -0.876. The molecule has 1 aliphatic rings. The number of rotatable bonds is 2. The average Bonchev–Trinajstić information content (AvgIpc) is 2.91. The topological polar surface area (TPSA) is 55.1 Å². The second kappa shape index (κ2) is 4.24. The highest BCUT2D eigenvalue weighted by Crippen LogP contribution is 2.33. The fourth-order valence-corrected chi connectivity index (χ4v) is 3.39. The predicted molar refractivity (Wildman–Crippen MR) is 70.2 cm³/mol. The Hall–Kier alpha value is -1.62. The first kappa shape index (κ1) is 11.5. The molecule has 0 bridgehead atoms. The number of hydrogen-bond acceptors (Lipinski definition) is 3. The third-order valence-corrected chi connectivity index (χ3v) is 4.38. The smallest absolute Gasteiger partial charge is 0.354 e. The number of aryl methyl sites for hydroxylation is 2. The van der Waals surface area contributed by atoms with E-state index in [1.807, 2.05) is 22.9 Å². The van der Waals surface area contributed by atoms with E-state index < -0.39 is 5.97 Å². The van der Waals surface area contributed by atoms with Gasteiger partial charge in [-0.1, -0.05) is 0 Å². The summed E-state index contributed by atoms with van der Waals surface area (Å²) in [6.45, 7) is 2.77. The number of hydrogen-bond donors (Lipinski definition) is 1. The van der Waals surface area contributed by atoms with Crippen LogP contribution < -0.4 is 0 Å². The van der Waals surface area contributed by atoms with E-state index in [4.69, 9.17) is 0 Å². The van der Waals surface area contributed by atoms with E-state index in [2.05, 4.69) is 4.98 Å². The van der Waals surface area contributed by atoms with Gasteiger partial charge in [0.15, 0.2) is 5.69 Å². The van der Waals surface area contributed by atoms with Crippen LogP contribution in [-0.2, 0) is 13.0 Å².